The first-order valence-corrected chi connectivity index (χ1v) is 8.48. The highest BCUT2D eigenvalue weighted by atomic mass is 16.3. The van der Waals surface area contributed by atoms with Crippen LogP contribution in [0.2, 0.25) is 0 Å². The van der Waals surface area contributed by atoms with E-state index < -0.39 is 5.91 Å². The number of nitrogens with one attached hydrogen (secondary N) is 1. The number of phenolic OH excluding ortho intramolecular Hbond substituents is 1. The average molecular weight is 352 g/mol. The van der Waals surface area contributed by atoms with Crippen molar-refractivity contribution in [3.05, 3.63) is 59.2 Å². The van der Waals surface area contributed by atoms with Crippen molar-refractivity contribution in [1.82, 2.24) is 4.90 Å². The second kappa shape index (κ2) is 7.00. The third kappa shape index (κ3) is 3.31. The number of phenols is 1. The van der Waals surface area contributed by atoms with Crippen LogP contribution in [0.15, 0.2) is 42.5 Å². The summed E-state index contributed by atoms with van der Waals surface area (Å²) in [5.41, 5.74) is 1.08. The molecule has 2 aromatic rings. The second-order valence-electron chi connectivity index (χ2n) is 6.68. The lowest BCUT2D eigenvalue weighted by molar-refractivity contribution is 0.0647. The molecule has 0 saturated carbocycles. The molecule has 3 rings (SSSR count). The average Bonchev–Trinajstić information content (AvgIpc) is 2.85. The molecule has 0 saturated heterocycles. The third-order valence-electron chi connectivity index (χ3n) is 4.32. The summed E-state index contributed by atoms with van der Waals surface area (Å²) in [4.78, 5) is 38.6. The largest absolute Gasteiger partial charge is 0.506 e. The van der Waals surface area contributed by atoms with Crippen LogP contribution in [0.1, 0.15) is 51.3 Å². The molecule has 0 aliphatic carbocycles. The molecular weight excluding hydrogens is 332 g/mol. The van der Waals surface area contributed by atoms with Crippen LogP contribution in [0.3, 0.4) is 0 Å². The molecule has 0 unspecified atom stereocenters. The van der Waals surface area contributed by atoms with Crippen molar-refractivity contribution in [3.8, 4) is 5.75 Å². The molecule has 0 radical (unpaired) electrons. The first-order chi connectivity index (χ1) is 12.4. The van der Waals surface area contributed by atoms with Crippen LogP contribution in [0.25, 0.3) is 0 Å². The number of fused-ring (bicyclic) bond motifs is 1. The van der Waals surface area contributed by atoms with Crippen molar-refractivity contribution in [2.75, 3.05) is 11.9 Å². The Balaban J connectivity index is 1.82. The zero-order valence-corrected chi connectivity index (χ0v) is 14.7. The summed E-state index contributed by atoms with van der Waals surface area (Å²) in [5, 5.41) is 12.4. The molecule has 1 heterocycles. The van der Waals surface area contributed by atoms with Crippen LogP contribution in [-0.2, 0) is 0 Å². The monoisotopic (exact) mass is 352 g/mol. The minimum absolute atomic E-state index is 0.0480. The highest BCUT2D eigenvalue weighted by molar-refractivity contribution is 6.22. The number of imide groups is 1. The van der Waals surface area contributed by atoms with Crippen LogP contribution < -0.4 is 5.32 Å². The third-order valence-corrected chi connectivity index (χ3v) is 4.32. The molecule has 0 spiro atoms. The molecule has 0 aromatic heterocycles. The van der Waals surface area contributed by atoms with Crippen LogP contribution in [0.5, 0.6) is 5.75 Å². The van der Waals surface area contributed by atoms with Crippen molar-refractivity contribution in [2.24, 2.45) is 5.92 Å². The Labute approximate surface area is 151 Å². The summed E-state index contributed by atoms with van der Waals surface area (Å²) in [6.45, 7) is 4.42. The number of amides is 3. The van der Waals surface area contributed by atoms with E-state index in [9.17, 15) is 19.5 Å². The minimum Gasteiger partial charge on any atom is -0.506 e. The summed E-state index contributed by atoms with van der Waals surface area (Å²) in [7, 11) is 0. The van der Waals surface area contributed by atoms with E-state index in [1.807, 2.05) is 13.8 Å². The van der Waals surface area contributed by atoms with Gasteiger partial charge in [0.25, 0.3) is 17.7 Å². The summed E-state index contributed by atoms with van der Waals surface area (Å²) >= 11 is 0. The number of carbonyl (C=O) groups excluding carboxylic acids is 3. The predicted octanol–water partition coefficient (Wildman–Crippen LogP) is 3.29. The molecule has 2 N–H and O–H groups in total. The van der Waals surface area contributed by atoms with E-state index in [4.69, 9.17) is 0 Å². The van der Waals surface area contributed by atoms with Crippen LogP contribution in [0, 0.1) is 5.92 Å². The molecule has 2 aromatic carbocycles. The molecule has 0 fully saturated rings. The Kier molecular flexibility index (Phi) is 4.75. The molecule has 0 bridgehead atoms. The van der Waals surface area contributed by atoms with Crippen molar-refractivity contribution in [3.63, 3.8) is 0 Å². The van der Waals surface area contributed by atoms with Crippen molar-refractivity contribution >= 4 is 23.4 Å². The Morgan fingerprint density at radius 1 is 1.08 bits per heavy atom. The number of benzene rings is 2. The number of aromatic hydroxyl groups is 1. The van der Waals surface area contributed by atoms with E-state index in [1.54, 1.807) is 18.2 Å². The van der Waals surface area contributed by atoms with E-state index in [-0.39, 0.29) is 34.4 Å². The second-order valence-corrected chi connectivity index (χ2v) is 6.68. The molecular formula is C20H20N2O4. The fourth-order valence-electron chi connectivity index (χ4n) is 2.80. The Bertz CT molecular complexity index is 889. The zero-order valence-electron chi connectivity index (χ0n) is 14.7. The van der Waals surface area contributed by atoms with Crippen LogP contribution in [-0.4, -0.2) is 34.3 Å². The molecule has 3 amide bonds. The zero-order chi connectivity index (χ0) is 18.8. The number of nitrogens with zero attached hydrogens (tertiary/aromatic N) is 1. The van der Waals surface area contributed by atoms with E-state index >= 15 is 0 Å². The standard InChI is InChI=1S/C20H20N2O4/c1-12(2)9-10-22-19(25)14-8-7-13(11-15(14)20(22)26)18(24)21-16-5-3-4-6-17(16)23/h3-8,11-12,23H,9-10H2,1-2H3,(H,21,24). The Morgan fingerprint density at radius 2 is 1.77 bits per heavy atom. The maximum absolute atomic E-state index is 12.5. The number of rotatable bonds is 5. The van der Waals surface area contributed by atoms with Gasteiger partial charge in [0.05, 0.1) is 16.8 Å². The van der Waals surface area contributed by atoms with Gasteiger partial charge in [-0.05, 0) is 42.7 Å². The highest BCUT2D eigenvalue weighted by Gasteiger charge is 2.35. The van der Waals surface area contributed by atoms with Gasteiger partial charge in [0.1, 0.15) is 5.75 Å². The van der Waals surface area contributed by atoms with E-state index in [1.165, 1.54) is 29.2 Å². The van der Waals surface area contributed by atoms with E-state index in [0.717, 1.165) is 6.42 Å². The number of hydrogen-bond acceptors (Lipinski definition) is 4. The van der Waals surface area contributed by atoms with E-state index in [2.05, 4.69) is 5.32 Å². The lowest BCUT2D eigenvalue weighted by atomic mass is 10.1. The maximum Gasteiger partial charge on any atom is 0.261 e. The number of para-hydroxylation sites is 2. The smallest absolute Gasteiger partial charge is 0.261 e. The maximum atomic E-state index is 12.5. The van der Waals surface area contributed by atoms with Gasteiger partial charge in [0.2, 0.25) is 0 Å². The number of carbonyl (C=O) groups is 3. The predicted molar refractivity (Wildman–Crippen MR) is 97.3 cm³/mol. The van der Waals surface area contributed by atoms with Crippen molar-refractivity contribution in [2.45, 2.75) is 20.3 Å². The van der Waals surface area contributed by atoms with Gasteiger partial charge >= 0.3 is 0 Å². The summed E-state index contributed by atoms with van der Waals surface area (Å²) in [6, 6.07) is 10.8. The fourth-order valence-corrected chi connectivity index (χ4v) is 2.80. The highest BCUT2D eigenvalue weighted by Crippen LogP contribution is 2.26. The van der Waals surface area contributed by atoms with Gasteiger partial charge in [-0.3, -0.25) is 19.3 Å². The fraction of sp³-hybridized carbons (Fsp3) is 0.250. The molecule has 134 valence electrons. The first kappa shape index (κ1) is 17.7. The Morgan fingerprint density at radius 3 is 2.46 bits per heavy atom. The number of anilines is 1. The van der Waals surface area contributed by atoms with E-state index in [0.29, 0.717) is 18.0 Å². The SMILES string of the molecule is CC(C)CCN1C(=O)c2ccc(C(=O)Nc3ccccc3O)cc2C1=O. The van der Waals surface area contributed by atoms with Gasteiger partial charge in [0, 0.05) is 12.1 Å². The molecule has 1 aliphatic heterocycles. The van der Waals surface area contributed by atoms with Crippen LogP contribution in [0.4, 0.5) is 5.69 Å². The van der Waals surface area contributed by atoms with Gasteiger partial charge in [0.15, 0.2) is 0 Å². The molecule has 26 heavy (non-hydrogen) atoms. The lowest BCUT2D eigenvalue weighted by Gasteiger charge is -2.14. The summed E-state index contributed by atoms with van der Waals surface area (Å²) in [6.07, 6.45) is 0.728. The van der Waals surface area contributed by atoms with Crippen molar-refractivity contribution < 1.29 is 19.5 Å². The molecule has 0 atom stereocenters. The van der Waals surface area contributed by atoms with Gasteiger partial charge in [-0.15, -0.1) is 0 Å². The van der Waals surface area contributed by atoms with Gasteiger partial charge < -0.3 is 10.4 Å². The molecule has 1 aliphatic rings. The van der Waals surface area contributed by atoms with Gasteiger partial charge in [-0.25, -0.2) is 0 Å². The van der Waals surface area contributed by atoms with Crippen molar-refractivity contribution in [1.29, 1.82) is 0 Å². The number of hydrogen-bond donors (Lipinski definition) is 2. The Hall–Kier alpha value is -3.15. The van der Waals surface area contributed by atoms with Gasteiger partial charge in [-0.1, -0.05) is 26.0 Å². The molecule has 6 nitrogen and oxygen atoms in total. The van der Waals surface area contributed by atoms with Gasteiger partial charge in [-0.2, -0.15) is 0 Å². The quantitative estimate of drug-likeness (QED) is 0.639. The normalized spacial score (nSPS) is 13.3. The minimum atomic E-state index is -0.463. The summed E-state index contributed by atoms with van der Waals surface area (Å²) < 4.78 is 0. The van der Waals surface area contributed by atoms with Crippen LogP contribution >= 0.6 is 0 Å². The lowest BCUT2D eigenvalue weighted by Crippen LogP contribution is -2.31. The molecule has 6 heteroatoms. The first-order valence-electron chi connectivity index (χ1n) is 8.48. The summed E-state index contributed by atoms with van der Waals surface area (Å²) in [5.74, 6) is -0.830. The topological polar surface area (TPSA) is 86.7 Å².